The lowest BCUT2D eigenvalue weighted by Crippen LogP contribution is -2.23. The zero-order valence-corrected chi connectivity index (χ0v) is 15.4. The second kappa shape index (κ2) is 8.42. The Balaban J connectivity index is 1.84. The number of nitrogens with zero attached hydrogens (tertiary/aromatic N) is 1. The van der Waals surface area contributed by atoms with Crippen LogP contribution in [-0.4, -0.2) is 26.2 Å². The summed E-state index contributed by atoms with van der Waals surface area (Å²) in [5.74, 6) is 1.96. The minimum Gasteiger partial charge on any atom is -0.497 e. The van der Waals surface area contributed by atoms with Gasteiger partial charge in [-0.3, -0.25) is 0 Å². The topological polar surface area (TPSA) is 68.9 Å². The molecule has 0 spiro atoms. The largest absolute Gasteiger partial charge is 0.497 e. The maximum atomic E-state index is 5.90. The first-order chi connectivity index (χ1) is 11.9. The van der Waals surface area contributed by atoms with Crippen LogP contribution >= 0.6 is 0 Å². The fraction of sp³-hybridized carbons (Fsp3) is 0.350. The van der Waals surface area contributed by atoms with E-state index in [9.17, 15) is 0 Å². The lowest BCUT2D eigenvalue weighted by atomic mass is 9.87. The van der Waals surface area contributed by atoms with Crippen molar-refractivity contribution in [2.45, 2.75) is 26.2 Å². The molecule has 25 heavy (non-hydrogen) atoms. The number of hydrogen-bond donors (Lipinski definition) is 2. The lowest BCUT2D eigenvalue weighted by Gasteiger charge is -2.19. The molecule has 3 N–H and O–H groups in total. The van der Waals surface area contributed by atoms with Gasteiger partial charge in [0, 0.05) is 11.8 Å². The summed E-state index contributed by atoms with van der Waals surface area (Å²) in [7, 11) is 1.63. The van der Waals surface area contributed by atoms with Gasteiger partial charge in [-0.1, -0.05) is 39.0 Å². The first-order valence-corrected chi connectivity index (χ1v) is 8.33. The molecule has 0 aliphatic rings. The Hall–Kier alpha value is -2.69. The molecule has 0 aromatic heterocycles. The molecule has 0 saturated carbocycles. The highest BCUT2D eigenvalue weighted by molar-refractivity contribution is 5.92. The van der Waals surface area contributed by atoms with E-state index in [1.165, 1.54) is 5.56 Å². The maximum Gasteiger partial charge on any atom is 0.193 e. The highest BCUT2D eigenvalue weighted by Gasteiger charge is 2.13. The van der Waals surface area contributed by atoms with Crippen molar-refractivity contribution in [1.82, 2.24) is 0 Å². The minimum atomic E-state index is 0.0998. The molecular formula is C20H27N3O2. The van der Waals surface area contributed by atoms with Crippen LogP contribution in [0.2, 0.25) is 0 Å². The Morgan fingerprint density at radius 3 is 2.52 bits per heavy atom. The Kier molecular flexibility index (Phi) is 6.28. The van der Waals surface area contributed by atoms with Crippen LogP contribution in [0.25, 0.3) is 0 Å². The van der Waals surface area contributed by atoms with E-state index >= 15 is 0 Å². The summed E-state index contributed by atoms with van der Waals surface area (Å²) in [4.78, 5) is 4.28. The van der Waals surface area contributed by atoms with Gasteiger partial charge in [-0.05, 0) is 35.2 Å². The first-order valence-electron chi connectivity index (χ1n) is 8.33. The van der Waals surface area contributed by atoms with Crippen LogP contribution in [-0.2, 0) is 5.41 Å². The van der Waals surface area contributed by atoms with Gasteiger partial charge in [-0.25, -0.2) is 4.99 Å². The average molecular weight is 341 g/mol. The molecule has 2 aromatic carbocycles. The third-order valence-corrected chi connectivity index (χ3v) is 3.68. The standard InChI is InChI=1S/C20H27N3O2/c1-20(2,3)15-7-5-10-18(13-15)25-12-11-22-19(21)23-16-8-6-9-17(14-16)24-4/h5-10,13-14H,11-12H2,1-4H3,(H3,21,22,23). The number of guanidine groups is 1. The average Bonchev–Trinajstić information content (AvgIpc) is 2.58. The van der Waals surface area contributed by atoms with Gasteiger partial charge in [0.1, 0.15) is 18.1 Å². The SMILES string of the molecule is COc1cccc(NC(N)=NCCOc2cccc(C(C)(C)C)c2)c1. The molecule has 0 radical (unpaired) electrons. The third kappa shape index (κ3) is 6.03. The molecule has 0 aliphatic carbocycles. The summed E-state index contributed by atoms with van der Waals surface area (Å²) < 4.78 is 10.9. The number of anilines is 1. The molecule has 2 rings (SSSR count). The van der Waals surface area contributed by atoms with Gasteiger partial charge < -0.3 is 20.5 Å². The molecule has 0 saturated heterocycles. The van der Waals surface area contributed by atoms with Gasteiger partial charge in [0.25, 0.3) is 0 Å². The van der Waals surface area contributed by atoms with Gasteiger partial charge in [-0.15, -0.1) is 0 Å². The van der Waals surface area contributed by atoms with Crippen LogP contribution in [0.1, 0.15) is 26.3 Å². The molecule has 5 heteroatoms. The molecule has 134 valence electrons. The van der Waals surface area contributed by atoms with E-state index in [2.05, 4.69) is 43.2 Å². The van der Waals surface area contributed by atoms with Crippen LogP contribution in [0.15, 0.2) is 53.5 Å². The van der Waals surface area contributed by atoms with Crippen LogP contribution < -0.4 is 20.5 Å². The number of rotatable bonds is 6. The second-order valence-electron chi connectivity index (χ2n) is 6.75. The first kappa shape index (κ1) is 18.6. The molecule has 0 aliphatic heterocycles. The highest BCUT2D eigenvalue weighted by atomic mass is 16.5. The van der Waals surface area contributed by atoms with E-state index in [1.807, 2.05) is 36.4 Å². The summed E-state index contributed by atoms with van der Waals surface area (Å²) in [5, 5.41) is 3.04. The summed E-state index contributed by atoms with van der Waals surface area (Å²) in [6, 6.07) is 15.7. The Labute approximate surface area is 149 Å². The number of nitrogens with one attached hydrogen (secondary N) is 1. The number of aliphatic imine (C=N–C) groups is 1. The van der Waals surface area contributed by atoms with Crippen molar-refractivity contribution < 1.29 is 9.47 Å². The quantitative estimate of drug-likeness (QED) is 0.476. The molecule has 0 amide bonds. The van der Waals surface area contributed by atoms with Crippen molar-refractivity contribution in [3.8, 4) is 11.5 Å². The normalized spacial score (nSPS) is 11.9. The highest BCUT2D eigenvalue weighted by Crippen LogP contribution is 2.25. The number of nitrogens with two attached hydrogens (primary N) is 1. The number of hydrogen-bond acceptors (Lipinski definition) is 3. The van der Waals surface area contributed by atoms with Gasteiger partial charge in [0.2, 0.25) is 0 Å². The lowest BCUT2D eigenvalue weighted by molar-refractivity contribution is 0.328. The van der Waals surface area contributed by atoms with E-state index in [-0.39, 0.29) is 5.41 Å². The van der Waals surface area contributed by atoms with Crippen molar-refractivity contribution in [2.75, 3.05) is 25.6 Å². The molecule has 0 heterocycles. The van der Waals surface area contributed by atoms with Crippen molar-refractivity contribution in [1.29, 1.82) is 0 Å². The van der Waals surface area contributed by atoms with Crippen LogP contribution in [0.5, 0.6) is 11.5 Å². The second-order valence-corrected chi connectivity index (χ2v) is 6.75. The third-order valence-electron chi connectivity index (χ3n) is 3.68. The Morgan fingerprint density at radius 1 is 1.08 bits per heavy atom. The fourth-order valence-electron chi connectivity index (χ4n) is 2.27. The van der Waals surface area contributed by atoms with Gasteiger partial charge >= 0.3 is 0 Å². The van der Waals surface area contributed by atoms with E-state index in [0.29, 0.717) is 19.1 Å². The van der Waals surface area contributed by atoms with E-state index in [0.717, 1.165) is 17.2 Å². The molecule has 0 atom stereocenters. The predicted octanol–water partition coefficient (Wildman–Crippen LogP) is 3.80. The predicted molar refractivity (Wildman–Crippen MR) is 104 cm³/mol. The van der Waals surface area contributed by atoms with Crippen molar-refractivity contribution in [3.63, 3.8) is 0 Å². The van der Waals surface area contributed by atoms with E-state index in [4.69, 9.17) is 15.2 Å². The molecule has 0 fully saturated rings. The minimum absolute atomic E-state index is 0.0998. The molecular weight excluding hydrogens is 314 g/mol. The zero-order valence-electron chi connectivity index (χ0n) is 15.4. The summed E-state index contributed by atoms with van der Waals surface area (Å²) in [5.41, 5.74) is 8.08. The van der Waals surface area contributed by atoms with Crippen molar-refractivity contribution >= 4 is 11.6 Å². The fourth-order valence-corrected chi connectivity index (χ4v) is 2.27. The molecule has 0 bridgehead atoms. The maximum absolute atomic E-state index is 5.90. The zero-order chi connectivity index (χ0) is 18.3. The number of methoxy groups -OCH3 is 1. The number of ether oxygens (including phenoxy) is 2. The van der Waals surface area contributed by atoms with Gasteiger partial charge in [0.05, 0.1) is 13.7 Å². The summed E-state index contributed by atoms with van der Waals surface area (Å²) >= 11 is 0. The van der Waals surface area contributed by atoms with Crippen LogP contribution in [0, 0.1) is 0 Å². The Morgan fingerprint density at radius 2 is 1.80 bits per heavy atom. The van der Waals surface area contributed by atoms with Crippen LogP contribution in [0.4, 0.5) is 5.69 Å². The van der Waals surface area contributed by atoms with Crippen LogP contribution in [0.3, 0.4) is 0 Å². The van der Waals surface area contributed by atoms with Crippen molar-refractivity contribution in [2.24, 2.45) is 10.7 Å². The Bertz CT molecular complexity index is 721. The monoisotopic (exact) mass is 341 g/mol. The van der Waals surface area contributed by atoms with E-state index < -0.39 is 0 Å². The summed E-state index contributed by atoms with van der Waals surface area (Å²) in [6.07, 6.45) is 0. The number of benzene rings is 2. The van der Waals surface area contributed by atoms with Crippen molar-refractivity contribution in [3.05, 3.63) is 54.1 Å². The summed E-state index contributed by atoms with van der Waals surface area (Å²) in [6.45, 7) is 7.49. The molecule has 2 aromatic rings. The molecule has 0 unspecified atom stereocenters. The smallest absolute Gasteiger partial charge is 0.193 e. The van der Waals surface area contributed by atoms with E-state index in [1.54, 1.807) is 7.11 Å². The van der Waals surface area contributed by atoms with Gasteiger partial charge in [-0.2, -0.15) is 0 Å². The molecule has 5 nitrogen and oxygen atoms in total. The van der Waals surface area contributed by atoms with Gasteiger partial charge in [0.15, 0.2) is 5.96 Å².